The molecule has 162 valence electrons. The molecule has 1 aliphatic rings. The third-order valence-electron chi connectivity index (χ3n) is 4.72. The predicted octanol–water partition coefficient (Wildman–Crippen LogP) is 1.73. The Bertz CT molecular complexity index is 1120. The number of hydrogen-bond acceptors (Lipinski definition) is 5. The number of halogens is 1. The zero-order valence-electron chi connectivity index (χ0n) is 16.3. The van der Waals surface area contributed by atoms with Crippen LogP contribution in [0.25, 0.3) is 0 Å². The molecule has 3 rings (SSSR count). The lowest BCUT2D eigenvalue weighted by molar-refractivity contribution is 0.0764. The number of carbonyl (C=O) groups is 1. The van der Waals surface area contributed by atoms with Crippen LogP contribution >= 0.6 is 0 Å². The minimum absolute atomic E-state index is 0.0394. The fraction of sp³-hybridized carbons (Fsp3) is 0.316. The Labute approximate surface area is 175 Å². The average Bonchev–Trinajstić information content (AvgIpc) is 2.95. The Balaban J connectivity index is 1.70. The van der Waals surface area contributed by atoms with E-state index in [-0.39, 0.29) is 29.6 Å². The van der Waals surface area contributed by atoms with Gasteiger partial charge in [-0.15, -0.1) is 0 Å². The molecule has 0 spiro atoms. The standard InChI is InChI=1S/C19H22FN3O5S2/c1-29(25,26)23-12-2-11-22(13-14-23)19(24)15-3-9-18(10-4-15)30(27,28)21-17-7-5-16(20)6-8-17/h3-10,21H,2,11-14H2,1H3. The largest absolute Gasteiger partial charge is 0.337 e. The van der Waals surface area contributed by atoms with E-state index >= 15 is 0 Å². The van der Waals surface area contributed by atoms with Gasteiger partial charge in [0.2, 0.25) is 10.0 Å². The van der Waals surface area contributed by atoms with Gasteiger partial charge in [0.15, 0.2) is 0 Å². The maximum Gasteiger partial charge on any atom is 0.261 e. The van der Waals surface area contributed by atoms with Gasteiger partial charge in [-0.05, 0) is 55.0 Å². The van der Waals surface area contributed by atoms with Gasteiger partial charge in [0.1, 0.15) is 5.82 Å². The number of rotatable bonds is 5. The monoisotopic (exact) mass is 455 g/mol. The Kier molecular flexibility index (Phi) is 6.44. The second-order valence-electron chi connectivity index (χ2n) is 6.94. The van der Waals surface area contributed by atoms with Crippen LogP contribution in [0, 0.1) is 5.82 Å². The number of nitrogens with one attached hydrogen (secondary N) is 1. The average molecular weight is 456 g/mol. The van der Waals surface area contributed by atoms with Crippen LogP contribution in [0.2, 0.25) is 0 Å². The van der Waals surface area contributed by atoms with Crippen molar-refractivity contribution >= 4 is 31.6 Å². The lowest BCUT2D eigenvalue weighted by Crippen LogP contribution is -2.36. The van der Waals surface area contributed by atoms with E-state index in [2.05, 4.69) is 4.72 Å². The molecule has 1 heterocycles. The van der Waals surface area contributed by atoms with E-state index in [4.69, 9.17) is 0 Å². The molecule has 1 N–H and O–H groups in total. The fourth-order valence-corrected chi connectivity index (χ4v) is 5.05. The molecule has 1 aliphatic heterocycles. The summed E-state index contributed by atoms with van der Waals surface area (Å²) in [5, 5.41) is 0. The normalized spacial score (nSPS) is 16.1. The van der Waals surface area contributed by atoms with E-state index in [1.165, 1.54) is 40.7 Å². The van der Waals surface area contributed by atoms with Crippen LogP contribution < -0.4 is 4.72 Å². The molecule has 2 aromatic rings. The Morgan fingerprint density at radius 1 is 0.900 bits per heavy atom. The van der Waals surface area contributed by atoms with Crippen molar-refractivity contribution in [3.8, 4) is 0 Å². The summed E-state index contributed by atoms with van der Waals surface area (Å²) in [6, 6.07) is 10.4. The first kappa shape index (κ1) is 22.2. The van der Waals surface area contributed by atoms with Gasteiger partial charge in [-0.1, -0.05) is 0 Å². The molecule has 0 saturated carbocycles. The molecule has 1 fully saturated rings. The van der Waals surface area contributed by atoms with Gasteiger partial charge in [0.05, 0.1) is 11.2 Å². The van der Waals surface area contributed by atoms with Crippen LogP contribution in [0.5, 0.6) is 0 Å². The predicted molar refractivity (Wildman–Crippen MR) is 111 cm³/mol. The van der Waals surface area contributed by atoms with Crippen molar-refractivity contribution in [1.82, 2.24) is 9.21 Å². The van der Waals surface area contributed by atoms with E-state index in [0.29, 0.717) is 25.1 Å². The molecule has 0 unspecified atom stereocenters. The minimum Gasteiger partial charge on any atom is -0.337 e. The number of benzene rings is 2. The first-order valence-corrected chi connectivity index (χ1v) is 12.5. The molecule has 30 heavy (non-hydrogen) atoms. The topological polar surface area (TPSA) is 104 Å². The molecule has 0 bridgehead atoms. The third-order valence-corrected chi connectivity index (χ3v) is 7.42. The molecule has 2 aromatic carbocycles. The Morgan fingerprint density at radius 3 is 2.13 bits per heavy atom. The fourth-order valence-electron chi connectivity index (χ4n) is 3.12. The van der Waals surface area contributed by atoms with Gasteiger partial charge in [-0.3, -0.25) is 9.52 Å². The molecule has 11 heteroatoms. The first-order chi connectivity index (χ1) is 14.1. The van der Waals surface area contributed by atoms with Crippen LogP contribution in [0.4, 0.5) is 10.1 Å². The lowest BCUT2D eigenvalue weighted by atomic mass is 10.2. The number of anilines is 1. The van der Waals surface area contributed by atoms with E-state index in [0.717, 1.165) is 18.4 Å². The van der Waals surface area contributed by atoms with Crippen molar-refractivity contribution < 1.29 is 26.0 Å². The van der Waals surface area contributed by atoms with E-state index < -0.39 is 25.9 Å². The van der Waals surface area contributed by atoms with Crippen LogP contribution in [0.15, 0.2) is 53.4 Å². The molecule has 1 amide bonds. The maximum absolute atomic E-state index is 13.0. The van der Waals surface area contributed by atoms with Crippen molar-refractivity contribution in [2.75, 3.05) is 37.2 Å². The molecular weight excluding hydrogens is 433 g/mol. The summed E-state index contributed by atoms with van der Waals surface area (Å²) < 4.78 is 65.0. The number of carbonyl (C=O) groups excluding carboxylic acids is 1. The van der Waals surface area contributed by atoms with Crippen molar-refractivity contribution in [1.29, 1.82) is 0 Å². The Morgan fingerprint density at radius 2 is 1.53 bits per heavy atom. The molecule has 0 aliphatic carbocycles. The molecule has 0 radical (unpaired) electrons. The molecule has 0 aromatic heterocycles. The van der Waals surface area contributed by atoms with E-state index in [1.807, 2.05) is 0 Å². The first-order valence-electron chi connectivity index (χ1n) is 9.19. The zero-order valence-corrected chi connectivity index (χ0v) is 17.9. The number of sulfonamides is 2. The highest BCUT2D eigenvalue weighted by Gasteiger charge is 2.25. The second-order valence-corrected chi connectivity index (χ2v) is 10.6. The minimum atomic E-state index is -3.89. The third kappa shape index (κ3) is 5.35. The zero-order chi connectivity index (χ0) is 21.9. The molecular formula is C19H22FN3O5S2. The molecule has 8 nitrogen and oxygen atoms in total. The van der Waals surface area contributed by atoms with Crippen molar-refractivity contribution in [2.24, 2.45) is 0 Å². The summed E-state index contributed by atoms with van der Waals surface area (Å²) in [4.78, 5) is 14.3. The van der Waals surface area contributed by atoms with Crippen molar-refractivity contribution in [3.05, 3.63) is 59.9 Å². The van der Waals surface area contributed by atoms with Gasteiger partial charge < -0.3 is 4.90 Å². The highest BCUT2D eigenvalue weighted by molar-refractivity contribution is 7.92. The van der Waals surface area contributed by atoms with E-state index in [1.54, 1.807) is 4.90 Å². The summed E-state index contributed by atoms with van der Waals surface area (Å²) >= 11 is 0. The second kappa shape index (κ2) is 8.70. The quantitative estimate of drug-likeness (QED) is 0.740. The van der Waals surface area contributed by atoms with Gasteiger partial charge in [-0.25, -0.2) is 25.5 Å². The van der Waals surface area contributed by atoms with Gasteiger partial charge in [0.25, 0.3) is 15.9 Å². The number of hydrogen-bond donors (Lipinski definition) is 1. The number of nitrogens with zero attached hydrogens (tertiary/aromatic N) is 2. The Hall–Kier alpha value is -2.50. The number of amides is 1. The smallest absolute Gasteiger partial charge is 0.261 e. The molecule has 1 saturated heterocycles. The summed E-state index contributed by atoms with van der Waals surface area (Å²) in [5.74, 6) is -0.769. The van der Waals surface area contributed by atoms with Gasteiger partial charge >= 0.3 is 0 Å². The molecule has 0 atom stereocenters. The lowest BCUT2D eigenvalue weighted by Gasteiger charge is -2.21. The van der Waals surface area contributed by atoms with Crippen LogP contribution in [-0.2, 0) is 20.0 Å². The highest BCUT2D eigenvalue weighted by Crippen LogP contribution is 2.18. The van der Waals surface area contributed by atoms with E-state index in [9.17, 15) is 26.0 Å². The summed E-state index contributed by atoms with van der Waals surface area (Å²) in [7, 11) is -7.21. The highest BCUT2D eigenvalue weighted by atomic mass is 32.2. The van der Waals surface area contributed by atoms with Crippen LogP contribution in [-0.4, -0.2) is 64.4 Å². The van der Waals surface area contributed by atoms with Crippen LogP contribution in [0.3, 0.4) is 0 Å². The summed E-state index contributed by atoms with van der Waals surface area (Å²) in [5.41, 5.74) is 0.528. The van der Waals surface area contributed by atoms with Crippen LogP contribution in [0.1, 0.15) is 16.8 Å². The summed E-state index contributed by atoms with van der Waals surface area (Å²) in [6.07, 6.45) is 1.66. The SMILES string of the molecule is CS(=O)(=O)N1CCCN(C(=O)c2ccc(S(=O)(=O)Nc3ccc(F)cc3)cc2)CC1. The van der Waals surface area contributed by atoms with Gasteiger partial charge in [-0.2, -0.15) is 0 Å². The van der Waals surface area contributed by atoms with Crippen molar-refractivity contribution in [3.63, 3.8) is 0 Å². The van der Waals surface area contributed by atoms with Gasteiger partial charge in [0, 0.05) is 37.4 Å². The summed E-state index contributed by atoms with van der Waals surface area (Å²) in [6.45, 7) is 1.25. The maximum atomic E-state index is 13.0. The van der Waals surface area contributed by atoms with Crippen molar-refractivity contribution in [2.45, 2.75) is 11.3 Å².